The second-order valence-electron chi connectivity index (χ2n) is 12.3. The van der Waals surface area contributed by atoms with Gasteiger partial charge in [-0.05, 0) is 92.1 Å². The summed E-state index contributed by atoms with van der Waals surface area (Å²) in [4.78, 5) is 37.3. The average molecular weight is 578 g/mol. The Hall–Kier alpha value is -4.37. The molecular formula is C34H39N7O2. The summed E-state index contributed by atoms with van der Waals surface area (Å²) in [5, 5.41) is 5.19. The molecule has 9 heteroatoms. The Balaban J connectivity index is 1.10. The number of primary amides is 1. The van der Waals surface area contributed by atoms with Gasteiger partial charge in [-0.25, -0.2) is 4.98 Å². The van der Waals surface area contributed by atoms with Crippen molar-refractivity contribution in [2.24, 2.45) is 5.73 Å². The molecule has 222 valence electrons. The number of piperidine rings is 1. The van der Waals surface area contributed by atoms with E-state index in [1.807, 2.05) is 35.0 Å². The zero-order valence-electron chi connectivity index (χ0n) is 24.7. The van der Waals surface area contributed by atoms with Crippen molar-refractivity contribution in [3.05, 3.63) is 88.6 Å². The molecule has 4 heterocycles. The summed E-state index contributed by atoms with van der Waals surface area (Å²) >= 11 is 0. The smallest absolute Gasteiger partial charge is 0.269 e. The Morgan fingerprint density at radius 1 is 0.907 bits per heavy atom. The summed E-state index contributed by atoms with van der Waals surface area (Å²) in [6.07, 6.45) is 8.05. The monoisotopic (exact) mass is 577 g/mol. The number of amides is 1. The standard InChI is InChI=1S/C34H39N7O2/c1-38-15-17-39(18-16-38)27-9-7-26(8-10-27)37-31-20-29(21-36-32(31)33(35)42)40-13-2-3-28(22-40)41-14-12-25-19-24(23-4-5-23)6-11-30(25)34(41)43/h6-12,14,19-21,23,28,37H,2-5,13,15-18,22H2,1H3,(H2,35,42). The topological polar surface area (TPSA) is 99.7 Å². The molecule has 43 heavy (non-hydrogen) atoms. The molecule has 2 aromatic heterocycles. The van der Waals surface area contributed by atoms with Crippen LogP contribution in [0.2, 0.25) is 0 Å². The Kier molecular flexibility index (Phi) is 7.26. The molecule has 1 amide bonds. The fourth-order valence-corrected chi connectivity index (χ4v) is 6.55. The van der Waals surface area contributed by atoms with Gasteiger partial charge in [0.25, 0.3) is 11.5 Å². The molecule has 3 N–H and O–H groups in total. The fourth-order valence-electron chi connectivity index (χ4n) is 6.55. The Labute approximate surface area is 251 Å². The maximum absolute atomic E-state index is 13.5. The van der Waals surface area contributed by atoms with Crippen LogP contribution in [0.4, 0.5) is 22.7 Å². The fraction of sp³-hybridized carbons (Fsp3) is 0.382. The molecule has 9 nitrogen and oxygen atoms in total. The highest BCUT2D eigenvalue weighted by Crippen LogP contribution is 2.40. The number of carbonyl (C=O) groups excluding carboxylic acids is 1. The van der Waals surface area contributed by atoms with Gasteiger partial charge in [-0.2, -0.15) is 0 Å². The number of hydrogen-bond acceptors (Lipinski definition) is 7. The van der Waals surface area contributed by atoms with Crippen molar-refractivity contribution in [3.63, 3.8) is 0 Å². The number of nitrogens with two attached hydrogens (primary N) is 1. The highest BCUT2D eigenvalue weighted by Gasteiger charge is 2.26. The molecule has 1 aliphatic carbocycles. The van der Waals surface area contributed by atoms with Crippen LogP contribution in [0.15, 0.2) is 71.8 Å². The van der Waals surface area contributed by atoms with E-state index in [1.54, 1.807) is 6.20 Å². The third-order valence-corrected chi connectivity index (χ3v) is 9.28. The molecular weight excluding hydrogens is 538 g/mol. The van der Waals surface area contributed by atoms with Crippen molar-refractivity contribution >= 4 is 39.4 Å². The number of anilines is 4. The van der Waals surface area contributed by atoms with E-state index in [-0.39, 0.29) is 17.3 Å². The van der Waals surface area contributed by atoms with E-state index in [1.165, 1.54) is 24.1 Å². The Morgan fingerprint density at radius 3 is 2.44 bits per heavy atom. The quantitative estimate of drug-likeness (QED) is 0.328. The maximum Gasteiger partial charge on any atom is 0.269 e. The van der Waals surface area contributed by atoms with Crippen LogP contribution < -0.4 is 26.4 Å². The van der Waals surface area contributed by atoms with Crippen molar-refractivity contribution < 1.29 is 4.79 Å². The van der Waals surface area contributed by atoms with Crippen LogP contribution in [0.1, 0.15) is 53.7 Å². The molecule has 1 saturated carbocycles. The van der Waals surface area contributed by atoms with Crippen molar-refractivity contribution in [1.29, 1.82) is 0 Å². The van der Waals surface area contributed by atoms with Crippen LogP contribution in [0.25, 0.3) is 10.8 Å². The van der Waals surface area contributed by atoms with E-state index in [2.05, 4.69) is 62.4 Å². The van der Waals surface area contributed by atoms with Gasteiger partial charge in [0.1, 0.15) is 0 Å². The van der Waals surface area contributed by atoms with Gasteiger partial charge >= 0.3 is 0 Å². The first kappa shape index (κ1) is 27.5. The molecule has 2 aromatic carbocycles. The molecule has 0 radical (unpaired) electrons. The third kappa shape index (κ3) is 5.69. The van der Waals surface area contributed by atoms with Gasteiger partial charge in [-0.3, -0.25) is 9.59 Å². The number of carbonyl (C=O) groups is 1. The molecule has 3 aliphatic rings. The first-order valence-corrected chi connectivity index (χ1v) is 15.4. The zero-order chi connectivity index (χ0) is 29.5. The molecule has 0 spiro atoms. The lowest BCUT2D eigenvalue weighted by atomic mass is 10.0. The van der Waals surface area contributed by atoms with E-state index in [0.717, 1.165) is 67.7 Å². The highest BCUT2D eigenvalue weighted by molar-refractivity contribution is 5.97. The van der Waals surface area contributed by atoms with Gasteiger partial charge in [0.05, 0.1) is 23.6 Å². The van der Waals surface area contributed by atoms with Gasteiger partial charge in [0, 0.05) is 62.2 Å². The van der Waals surface area contributed by atoms with Crippen LogP contribution in [-0.4, -0.2) is 66.7 Å². The summed E-state index contributed by atoms with van der Waals surface area (Å²) < 4.78 is 1.90. The third-order valence-electron chi connectivity index (χ3n) is 9.28. The van der Waals surface area contributed by atoms with Gasteiger partial charge in [0.15, 0.2) is 5.69 Å². The number of likely N-dealkylation sites (N-methyl/N-ethyl adjacent to an activating group) is 1. The molecule has 3 fully saturated rings. The van der Waals surface area contributed by atoms with E-state index >= 15 is 0 Å². The van der Waals surface area contributed by atoms with E-state index in [9.17, 15) is 9.59 Å². The predicted octanol–water partition coefficient (Wildman–Crippen LogP) is 4.71. The number of fused-ring (bicyclic) bond motifs is 1. The summed E-state index contributed by atoms with van der Waals surface area (Å²) in [5.41, 5.74) is 10.9. The second kappa shape index (κ2) is 11.4. The molecule has 2 aliphatic heterocycles. The van der Waals surface area contributed by atoms with Crippen molar-refractivity contribution in [2.75, 3.05) is 61.4 Å². The van der Waals surface area contributed by atoms with Crippen LogP contribution in [0.5, 0.6) is 0 Å². The van der Waals surface area contributed by atoms with Gasteiger partial charge in [-0.1, -0.05) is 12.1 Å². The van der Waals surface area contributed by atoms with Crippen molar-refractivity contribution in [1.82, 2.24) is 14.5 Å². The van der Waals surface area contributed by atoms with Gasteiger partial charge in [0.2, 0.25) is 0 Å². The lowest BCUT2D eigenvalue weighted by Gasteiger charge is -2.35. The highest BCUT2D eigenvalue weighted by atomic mass is 16.1. The summed E-state index contributed by atoms with van der Waals surface area (Å²) in [6, 6.07) is 18.7. The van der Waals surface area contributed by atoms with Crippen LogP contribution in [0, 0.1) is 0 Å². The first-order chi connectivity index (χ1) is 20.9. The summed E-state index contributed by atoms with van der Waals surface area (Å²) in [7, 11) is 2.15. The van der Waals surface area contributed by atoms with Crippen LogP contribution in [0.3, 0.4) is 0 Å². The number of piperazine rings is 1. The van der Waals surface area contributed by atoms with Gasteiger partial charge in [-0.15, -0.1) is 0 Å². The maximum atomic E-state index is 13.5. The van der Waals surface area contributed by atoms with E-state index < -0.39 is 5.91 Å². The lowest BCUT2D eigenvalue weighted by molar-refractivity contribution is 0.0996. The summed E-state index contributed by atoms with van der Waals surface area (Å²) in [5.74, 6) is 0.0845. The van der Waals surface area contributed by atoms with Crippen LogP contribution in [-0.2, 0) is 0 Å². The van der Waals surface area contributed by atoms with Crippen molar-refractivity contribution in [3.8, 4) is 0 Å². The minimum atomic E-state index is -0.577. The first-order valence-electron chi connectivity index (χ1n) is 15.4. The minimum Gasteiger partial charge on any atom is -0.369 e. The number of hydrogen-bond donors (Lipinski definition) is 2. The number of aromatic nitrogens is 2. The van der Waals surface area contributed by atoms with Crippen molar-refractivity contribution in [2.45, 2.75) is 37.6 Å². The lowest BCUT2D eigenvalue weighted by Crippen LogP contribution is -2.44. The molecule has 0 bridgehead atoms. The largest absolute Gasteiger partial charge is 0.369 e. The van der Waals surface area contributed by atoms with E-state index in [4.69, 9.17) is 5.73 Å². The van der Waals surface area contributed by atoms with Gasteiger partial charge < -0.3 is 30.3 Å². The second-order valence-corrected chi connectivity index (χ2v) is 12.3. The Morgan fingerprint density at radius 2 is 1.70 bits per heavy atom. The minimum absolute atomic E-state index is 0.0445. The zero-order valence-corrected chi connectivity index (χ0v) is 24.7. The molecule has 1 unspecified atom stereocenters. The number of nitrogens with zero attached hydrogens (tertiary/aromatic N) is 5. The normalized spacial score (nSPS) is 19.5. The predicted molar refractivity (Wildman–Crippen MR) is 173 cm³/mol. The SMILES string of the molecule is CN1CCN(c2ccc(Nc3cc(N4CCCC(n5ccc6cc(C7CC7)ccc6c5=O)C4)cnc3C(N)=O)cc2)CC1. The molecule has 1 atom stereocenters. The number of rotatable bonds is 7. The van der Waals surface area contributed by atoms with Crippen LogP contribution >= 0.6 is 0 Å². The molecule has 7 rings (SSSR count). The average Bonchev–Trinajstić information content (AvgIpc) is 3.88. The molecule has 2 saturated heterocycles. The number of nitrogens with one attached hydrogen (secondary N) is 1. The summed E-state index contributed by atoms with van der Waals surface area (Å²) in [6.45, 7) is 5.64. The van der Waals surface area contributed by atoms with E-state index in [0.29, 0.717) is 18.2 Å². The number of benzene rings is 2. The Bertz CT molecular complexity index is 1700. The molecule has 4 aromatic rings. The number of pyridine rings is 2.